The van der Waals surface area contributed by atoms with Crippen molar-refractivity contribution in [1.82, 2.24) is 9.78 Å². The Labute approximate surface area is 182 Å². The fraction of sp³-hybridized carbons (Fsp3) is 0.565. The number of rotatable bonds is 3. The van der Waals surface area contributed by atoms with Gasteiger partial charge in [-0.25, -0.2) is 9.48 Å². The van der Waals surface area contributed by atoms with Crippen LogP contribution >= 0.6 is 23.2 Å². The van der Waals surface area contributed by atoms with Gasteiger partial charge in [0.25, 0.3) is 0 Å². The Morgan fingerprint density at radius 2 is 1.86 bits per heavy atom. The zero-order valence-electron chi connectivity index (χ0n) is 17.3. The maximum atomic E-state index is 13.0. The van der Waals surface area contributed by atoms with Gasteiger partial charge in [-0.3, -0.25) is 0 Å². The number of hydrogen-bond acceptors (Lipinski definition) is 3. The highest BCUT2D eigenvalue weighted by molar-refractivity contribution is 6.35. The van der Waals surface area contributed by atoms with Gasteiger partial charge in [0.05, 0.1) is 10.7 Å². The summed E-state index contributed by atoms with van der Waals surface area (Å²) in [5, 5.41) is 5.73. The first-order valence-corrected chi connectivity index (χ1v) is 11.3. The second-order valence-electron chi connectivity index (χ2n) is 9.38. The predicted molar refractivity (Wildman–Crippen MR) is 116 cm³/mol. The number of benzene rings is 1. The third kappa shape index (κ3) is 4.20. The van der Waals surface area contributed by atoms with Crippen molar-refractivity contribution in [2.75, 3.05) is 0 Å². The second-order valence-corrected chi connectivity index (χ2v) is 10.2. The Kier molecular flexibility index (Phi) is 5.69. The summed E-state index contributed by atoms with van der Waals surface area (Å²) >= 11 is 12.4. The van der Waals surface area contributed by atoms with Crippen LogP contribution in [0.3, 0.4) is 0 Å². The Morgan fingerprint density at radius 1 is 1.14 bits per heavy atom. The van der Waals surface area contributed by atoms with Crippen LogP contribution in [0.2, 0.25) is 10.0 Å². The van der Waals surface area contributed by atoms with Gasteiger partial charge < -0.3 is 4.74 Å². The van der Waals surface area contributed by atoms with Crippen molar-refractivity contribution < 1.29 is 9.53 Å². The molecule has 0 saturated heterocycles. The summed E-state index contributed by atoms with van der Waals surface area (Å²) in [6.45, 7) is 6.88. The van der Waals surface area contributed by atoms with E-state index in [4.69, 9.17) is 27.9 Å². The van der Waals surface area contributed by atoms with Crippen molar-refractivity contribution in [2.24, 2.45) is 11.3 Å². The minimum absolute atomic E-state index is 0.0116. The second kappa shape index (κ2) is 7.96. The fourth-order valence-corrected chi connectivity index (χ4v) is 5.20. The molecule has 1 saturated carbocycles. The summed E-state index contributed by atoms with van der Waals surface area (Å²) in [5.41, 5.74) is 3.56. The summed E-state index contributed by atoms with van der Waals surface area (Å²) in [5.74, 6) is 0.388. The summed E-state index contributed by atoms with van der Waals surface area (Å²) in [6.07, 6.45) is 6.80. The largest absolute Gasteiger partial charge is 0.458 e. The molecule has 4 nitrogen and oxygen atoms in total. The first-order chi connectivity index (χ1) is 13.7. The van der Waals surface area contributed by atoms with Gasteiger partial charge in [0, 0.05) is 16.3 Å². The van der Waals surface area contributed by atoms with Crippen LogP contribution in [-0.2, 0) is 17.6 Å². The molecule has 0 amide bonds. The van der Waals surface area contributed by atoms with Crippen molar-refractivity contribution in [2.45, 2.75) is 71.8 Å². The van der Waals surface area contributed by atoms with E-state index in [9.17, 15) is 4.79 Å². The highest BCUT2D eigenvalue weighted by atomic mass is 35.5. The molecule has 0 atom stereocenters. The zero-order chi connectivity index (χ0) is 20.8. The molecule has 29 heavy (non-hydrogen) atoms. The van der Waals surface area contributed by atoms with Gasteiger partial charge in [-0.1, -0.05) is 44.0 Å². The highest BCUT2D eigenvalue weighted by Crippen LogP contribution is 2.39. The maximum absolute atomic E-state index is 13.0. The van der Waals surface area contributed by atoms with Crippen LogP contribution < -0.4 is 0 Å². The monoisotopic (exact) mass is 434 g/mol. The van der Waals surface area contributed by atoms with Gasteiger partial charge in [-0.2, -0.15) is 5.10 Å². The van der Waals surface area contributed by atoms with Gasteiger partial charge in [0.15, 0.2) is 5.69 Å². The predicted octanol–water partition coefficient (Wildman–Crippen LogP) is 6.43. The number of carbonyl (C=O) groups excluding carboxylic acids is 1. The van der Waals surface area contributed by atoms with Crippen molar-refractivity contribution >= 4 is 29.2 Å². The smallest absolute Gasteiger partial charge is 0.359 e. The number of fused-ring (bicyclic) bond motifs is 1. The summed E-state index contributed by atoms with van der Waals surface area (Å²) in [7, 11) is 0. The molecule has 2 aliphatic rings. The van der Waals surface area contributed by atoms with Crippen molar-refractivity contribution in [3.63, 3.8) is 0 Å². The molecule has 0 aliphatic heterocycles. The highest BCUT2D eigenvalue weighted by Gasteiger charge is 2.33. The lowest BCUT2D eigenvalue weighted by Gasteiger charge is -2.36. The van der Waals surface area contributed by atoms with Crippen LogP contribution in [0.1, 0.15) is 74.6 Å². The zero-order valence-corrected chi connectivity index (χ0v) is 18.8. The molecule has 1 fully saturated rings. The third-order valence-electron chi connectivity index (χ3n) is 6.43. The number of esters is 1. The van der Waals surface area contributed by atoms with E-state index in [0.29, 0.717) is 27.1 Å². The van der Waals surface area contributed by atoms with E-state index in [1.54, 1.807) is 16.8 Å². The van der Waals surface area contributed by atoms with Crippen LogP contribution in [0.4, 0.5) is 0 Å². The number of ether oxygens (including phenoxy) is 1. The molecule has 156 valence electrons. The Balaban J connectivity index is 1.53. The molecule has 0 unspecified atom stereocenters. The van der Waals surface area contributed by atoms with E-state index in [2.05, 4.69) is 25.9 Å². The van der Waals surface area contributed by atoms with Crippen LogP contribution in [0.15, 0.2) is 18.2 Å². The molecule has 1 aromatic heterocycles. The molecule has 6 heteroatoms. The molecular weight excluding hydrogens is 407 g/mol. The summed E-state index contributed by atoms with van der Waals surface area (Å²) in [4.78, 5) is 13.0. The first-order valence-electron chi connectivity index (χ1n) is 10.5. The lowest BCUT2D eigenvalue weighted by atomic mass is 9.72. The lowest BCUT2D eigenvalue weighted by molar-refractivity contribution is 0.00856. The Bertz CT molecular complexity index is 922. The summed E-state index contributed by atoms with van der Waals surface area (Å²) < 4.78 is 7.69. The first kappa shape index (κ1) is 20.7. The molecule has 4 rings (SSSR count). The molecule has 0 bridgehead atoms. The third-order valence-corrected chi connectivity index (χ3v) is 6.97. The van der Waals surface area contributed by atoms with E-state index in [-0.39, 0.29) is 12.1 Å². The normalized spacial score (nSPS) is 21.8. The lowest BCUT2D eigenvalue weighted by Crippen LogP contribution is -2.30. The molecule has 1 heterocycles. The van der Waals surface area contributed by atoms with Gasteiger partial charge in [0.1, 0.15) is 6.10 Å². The minimum atomic E-state index is -0.300. The molecule has 0 N–H and O–H groups in total. The van der Waals surface area contributed by atoms with Crippen molar-refractivity contribution in [1.29, 1.82) is 0 Å². The molecular formula is C23H28Cl2N2O2. The Morgan fingerprint density at radius 3 is 2.52 bits per heavy atom. The molecule has 1 aromatic carbocycles. The number of aromatic nitrogens is 2. The number of hydrogen-bond donors (Lipinski definition) is 0. The average Bonchev–Trinajstić information content (AvgIpc) is 3.24. The minimum Gasteiger partial charge on any atom is -0.458 e. The number of nitrogens with zero attached hydrogens (tertiary/aromatic N) is 2. The standard InChI is InChI=1S/C23H28Cl2N2O2/c1-23(2,3)14-7-10-16(11-8-14)29-22(28)21-17-5-4-6-19(17)27(26-21)20-12-9-15(24)13-18(20)25/h9,12-14,16H,4-8,10-11H2,1-3H3. The molecule has 2 aromatic rings. The van der Waals surface area contributed by atoms with Crippen molar-refractivity contribution in [3.8, 4) is 5.69 Å². The van der Waals surface area contributed by atoms with Crippen LogP contribution in [-0.4, -0.2) is 21.9 Å². The van der Waals surface area contributed by atoms with E-state index in [1.165, 1.54) is 0 Å². The average molecular weight is 435 g/mol. The van der Waals surface area contributed by atoms with E-state index in [1.807, 2.05) is 6.07 Å². The SMILES string of the molecule is CC(C)(C)C1CCC(OC(=O)c2nn(-c3ccc(Cl)cc3Cl)c3c2CCC3)CC1. The quantitative estimate of drug-likeness (QED) is 0.522. The number of carbonyl (C=O) groups is 1. The van der Waals surface area contributed by atoms with Crippen LogP contribution in [0.25, 0.3) is 5.69 Å². The van der Waals surface area contributed by atoms with Gasteiger partial charge in [-0.15, -0.1) is 0 Å². The van der Waals surface area contributed by atoms with Crippen molar-refractivity contribution in [3.05, 3.63) is 45.2 Å². The fourth-order valence-electron chi connectivity index (χ4n) is 4.71. The van der Waals surface area contributed by atoms with Gasteiger partial charge >= 0.3 is 5.97 Å². The Hall–Kier alpha value is -1.52. The molecule has 0 spiro atoms. The van der Waals surface area contributed by atoms with Gasteiger partial charge in [0.2, 0.25) is 0 Å². The van der Waals surface area contributed by atoms with E-state index < -0.39 is 0 Å². The van der Waals surface area contributed by atoms with Crippen LogP contribution in [0.5, 0.6) is 0 Å². The van der Waals surface area contributed by atoms with E-state index >= 15 is 0 Å². The topological polar surface area (TPSA) is 44.1 Å². The van der Waals surface area contributed by atoms with E-state index in [0.717, 1.165) is 61.9 Å². The van der Waals surface area contributed by atoms with Crippen LogP contribution in [0, 0.1) is 11.3 Å². The van der Waals surface area contributed by atoms with Gasteiger partial charge in [-0.05, 0) is 74.5 Å². The maximum Gasteiger partial charge on any atom is 0.359 e. The summed E-state index contributed by atoms with van der Waals surface area (Å²) in [6, 6.07) is 5.34. The molecule has 0 radical (unpaired) electrons. The number of halogens is 2. The molecule has 2 aliphatic carbocycles.